The number of fused-ring (bicyclic) bond motifs is 1. The predicted molar refractivity (Wildman–Crippen MR) is 107 cm³/mol. The van der Waals surface area contributed by atoms with Crippen LogP contribution < -0.4 is 10.6 Å². The van der Waals surface area contributed by atoms with E-state index in [1.54, 1.807) is 12.4 Å². The number of rotatable bonds is 4. The van der Waals surface area contributed by atoms with E-state index in [4.69, 9.17) is 4.74 Å². The number of pyridine rings is 1. The molecule has 1 unspecified atom stereocenters. The SMILES string of the molecule is CC(C)(C)OC(=O)N1C[C@H]2CCC(CNC(=O)NCc3cccnc3)C[C@H]2C1. The van der Waals surface area contributed by atoms with Gasteiger partial charge in [-0.3, -0.25) is 4.98 Å². The maximum atomic E-state index is 12.3. The minimum absolute atomic E-state index is 0.146. The number of likely N-dealkylation sites (tertiary alicyclic amines) is 1. The highest BCUT2D eigenvalue weighted by atomic mass is 16.6. The number of nitrogens with zero attached hydrogens (tertiary/aromatic N) is 2. The molecule has 1 saturated heterocycles. The van der Waals surface area contributed by atoms with E-state index in [0.29, 0.717) is 30.8 Å². The van der Waals surface area contributed by atoms with Crippen LogP contribution in [0.5, 0.6) is 0 Å². The van der Waals surface area contributed by atoms with Crippen molar-refractivity contribution >= 4 is 12.1 Å². The number of nitrogens with one attached hydrogen (secondary N) is 2. The van der Waals surface area contributed by atoms with E-state index in [9.17, 15) is 9.59 Å². The average Bonchev–Trinajstić information content (AvgIpc) is 3.08. The zero-order valence-electron chi connectivity index (χ0n) is 17.1. The molecule has 2 aliphatic rings. The lowest BCUT2D eigenvalue weighted by Crippen LogP contribution is -2.39. The van der Waals surface area contributed by atoms with Crippen LogP contribution in [0, 0.1) is 17.8 Å². The summed E-state index contributed by atoms with van der Waals surface area (Å²) in [6, 6.07) is 3.65. The first kappa shape index (κ1) is 20.4. The fourth-order valence-electron chi connectivity index (χ4n) is 4.17. The molecule has 2 N–H and O–H groups in total. The molecule has 7 heteroatoms. The van der Waals surface area contributed by atoms with Crippen molar-refractivity contribution in [3.63, 3.8) is 0 Å². The molecule has 0 radical (unpaired) electrons. The highest BCUT2D eigenvalue weighted by Gasteiger charge is 2.40. The van der Waals surface area contributed by atoms with Gasteiger partial charge in [0.05, 0.1) is 0 Å². The number of ether oxygens (including phenoxy) is 1. The molecule has 3 rings (SSSR count). The van der Waals surface area contributed by atoms with Gasteiger partial charge in [0.25, 0.3) is 0 Å². The highest BCUT2D eigenvalue weighted by Crippen LogP contribution is 2.39. The fourth-order valence-corrected chi connectivity index (χ4v) is 4.17. The van der Waals surface area contributed by atoms with Gasteiger partial charge in [-0.1, -0.05) is 6.07 Å². The number of hydrogen-bond donors (Lipinski definition) is 2. The molecule has 154 valence electrons. The third-order valence-corrected chi connectivity index (χ3v) is 5.54. The molecule has 1 saturated carbocycles. The normalized spacial score (nSPS) is 24.4. The first-order chi connectivity index (χ1) is 13.3. The third kappa shape index (κ3) is 5.84. The number of aromatic nitrogens is 1. The molecule has 0 spiro atoms. The van der Waals surface area contributed by atoms with Crippen LogP contribution in [-0.4, -0.2) is 47.2 Å². The van der Waals surface area contributed by atoms with E-state index in [-0.39, 0.29) is 12.1 Å². The summed E-state index contributed by atoms with van der Waals surface area (Å²) >= 11 is 0. The quantitative estimate of drug-likeness (QED) is 0.830. The second kappa shape index (κ2) is 8.80. The van der Waals surface area contributed by atoms with E-state index in [1.165, 1.54) is 0 Å². The maximum Gasteiger partial charge on any atom is 0.410 e. The van der Waals surface area contributed by atoms with E-state index >= 15 is 0 Å². The van der Waals surface area contributed by atoms with E-state index < -0.39 is 5.60 Å². The molecule has 3 amide bonds. The Morgan fingerprint density at radius 3 is 2.71 bits per heavy atom. The number of amides is 3. The summed E-state index contributed by atoms with van der Waals surface area (Å²) in [6.07, 6.45) is 6.50. The van der Waals surface area contributed by atoms with Crippen LogP contribution in [0.1, 0.15) is 45.6 Å². The minimum Gasteiger partial charge on any atom is -0.444 e. The van der Waals surface area contributed by atoms with Crippen molar-refractivity contribution in [2.24, 2.45) is 17.8 Å². The van der Waals surface area contributed by atoms with Crippen molar-refractivity contribution in [2.45, 2.75) is 52.2 Å². The average molecular weight is 389 g/mol. The first-order valence-corrected chi connectivity index (χ1v) is 10.2. The Bertz CT molecular complexity index is 674. The molecule has 2 fully saturated rings. The standard InChI is InChI=1S/C21H32N4O3/c1-21(2,3)28-20(27)25-13-17-7-6-15(9-18(17)14-25)11-23-19(26)24-12-16-5-4-8-22-10-16/h4-5,8,10,15,17-18H,6-7,9,11-14H2,1-3H3,(H2,23,24,26)/t15?,17-,18+/m1/s1. The van der Waals surface area contributed by atoms with Crippen LogP contribution in [0.15, 0.2) is 24.5 Å². The molecule has 28 heavy (non-hydrogen) atoms. The van der Waals surface area contributed by atoms with Gasteiger partial charge in [-0.2, -0.15) is 0 Å². The van der Waals surface area contributed by atoms with Crippen molar-refractivity contribution < 1.29 is 14.3 Å². The topological polar surface area (TPSA) is 83.6 Å². The van der Waals surface area contributed by atoms with Gasteiger partial charge in [0.1, 0.15) is 5.60 Å². The number of hydrogen-bond acceptors (Lipinski definition) is 4. The molecule has 0 bridgehead atoms. The second-order valence-corrected chi connectivity index (χ2v) is 9.01. The molecule has 7 nitrogen and oxygen atoms in total. The fraction of sp³-hybridized carbons (Fsp3) is 0.667. The van der Waals surface area contributed by atoms with Gasteiger partial charge < -0.3 is 20.3 Å². The van der Waals surface area contributed by atoms with Crippen molar-refractivity contribution in [1.29, 1.82) is 0 Å². The zero-order chi connectivity index (χ0) is 20.1. The molecule has 0 aromatic carbocycles. The van der Waals surface area contributed by atoms with Crippen molar-refractivity contribution in [3.8, 4) is 0 Å². The summed E-state index contributed by atoms with van der Waals surface area (Å²) in [5, 5.41) is 5.86. The van der Waals surface area contributed by atoms with Crippen LogP contribution in [0.2, 0.25) is 0 Å². The molecule has 3 atom stereocenters. The first-order valence-electron chi connectivity index (χ1n) is 10.2. The monoisotopic (exact) mass is 388 g/mol. The molecule has 1 aliphatic carbocycles. The van der Waals surface area contributed by atoms with E-state index in [2.05, 4.69) is 15.6 Å². The Hall–Kier alpha value is -2.31. The lowest BCUT2D eigenvalue weighted by Gasteiger charge is -2.30. The number of urea groups is 1. The molecule has 1 aromatic heterocycles. The van der Waals surface area contributed by atoms with Crippen LogP contribution in [-0.2, 0) is 11.3 Å². The van der Waals surface area contributed by atoms with Crippen LogP contribution in [0.25, 0.3) is 0 Å². The molecule has 2 heterocycles. The van der Waals surface area contributed by atoms with Crippen LogP contribution in [0.4, 0.5) is 9.59 Å². The molecule has 1 aromatic rings. The summed E-state index contributed by atoms with van der Waals surface area (Å²) in [6.45, 7) is 8.41. The predicted octanol–water partition coefficient (Wildman–Crippen LogP) is 3.16. The third-order valence-electron chi connectivity index (χ3n) is 5.54. The lowest BCUT2D eigenvalue weighted by atomic mass is 9.76. The summed E-state index contributed by atoms with van der Waals surface area (Å²) in [5.41, 5.74) is 0.520. The summed E-state index contributed by atoms with van der Waals surface area (Å²) in [7, 11) is 0. The van der Waals surface area contributed by atoms with Gasteiger partial charge in [0.2, 0.25) is 0 Å². The molecular formula is C21H32N4O3. The highest BCUT2D eigenvalue weighted by molar-refractivity contribution is 5.73. The van der Waals surface area contributed by atoms with Crippen molar-refractivity contribution in [3.05, 3.63) is 30.1 Å². The summed E-state index contributed by atoms with van der Waals surface area (Å²) < 4.78 is 5.51. The minimum atomic E-state index is -0.458. The van der Waals surface area contributed by atoms with Gasteiger partial charge in [0, 0.05) is 38.6 Å². The van der Waals surface area contributed by atoms with Crippen LogP contribution >= 0.6 is 0 Å². The smallest absolute Gasteiger partial charge is 0.410 e. The Balaban J connectivity index is 1.39. The van der Waals surface area contributed by atoms with Gasteiger partial charge in [-0.05, 0) is 69.4 Å². The van der Waals surface area contributed by atoms with Crippen molar-refractivity contribution in [1.82, 2.24) is 20.5 Å². The second-order valence-electron chi connectivity index (χ2n) is 9.01. The summed E-state index contributed by atoms with van der Waals surface area (Å²) in [5.74, 6) is 1.53. The number of carbonyl (C=O) groups is 2. The zero-order valence-corrected chi connectivity index (χ0v) is 17.1. The number of carbonyl (C=O) groups excluding carboxylic acids is 2. The van der Waals surface area contributed by atoms with Crippen molar-refractivity contribution in [2.75, 3.05) is 19.6 Å². The van der Waals surface area contributed by atoms with Gasteiger partial charge in [0.15, 0.2) is 0 Å². The van der Waals surface area contributed by atoms with Gasteiger partial charge >= 0.3 is 12.1 Å². The molecule has 1 aliphatic heterocycles. The Kier molecular flexibility index (Phi) is 6.42. The Morgan fingerprint density at radius 1 is 1.21 bits per heavy atom. The Morgan fingerprint density at radius 2 is 2.00 bits per heavy atom. The summed E-state index contributed by atoms with van der Waals surface area (Å²) in [4.78, 5) is 30.3. The Labute approximate surface area is 167 Å². The van der Waals surface area contributed by atoms with Gasteiger partial charge in [-0.15, -0.1) is 0 Å². The van der Waals surface area contributed by atoms with E-state index in [1.807, 2.05) is 37.8 Å². The maximum absolute atomic E-state index is 12.3. The molecular weight excluding hydrogens is 356 g/mol. The van der Waals surface area contributed by atoms with E-state index in [0.717, 1.165) is 37.9 Å². The van der Waals surface area contributed by atoms with Gasteiger partial charge in [-0.25, -0.2) is 9.59 Å². The lowest BCUT2D eigenvalue weighted by molar-refractivity contribution is 0.0284. The van der Waals surface area contributed by atoms with Crippen LogP contribution in [0.3, 0.4) is 0 Å². The largest absolute Gasteiger partial charge is 0.444 e.